The molecule has 3 aliphatic heterocycles. The van der Waals surface area contributed by atoms with Gasteiger partial charge in [-0.05, 0) is 25.0 Å². The fraction of sp³-hybridized carbons (Fsp3) is 0.500. The number of carbonyl (C=O) groups excluding carboxylic acids is 1. The molecule has 0 spiro atoms. The van der Waals surface area contributed by atoms with E-state index in [-0.39, 0.29) is 29.9 Å². The molecule has 0 bridgehead atoms. The molecule has 31 heavy (non-hydrogen) atoms. The Morgan fingerprint density at radius 3 is 2.55 bits per heavy atom. The number of fused-ring (bicyclic) bond motifs is 2. The Morgan fingerprint density at radius 2 is 1.77 bits per heavy atom. The van der Waals surface area contributed by atoms with Gasteiger partial charge in [0, 0.05) is 19.2 Å². The normalized spacial score (nSPS) is 24.6. The van der Waals surface area contributed by atoms with Crippen LogP contribution in [-0.2, 0) is 9.47 Å². The fourth-order valence-corrected chi connectivity index (χ4v) is 4.80. The lowest BCUT2D eigenvalue weighted by molar-refractivity contribution is -0.00461. The van der Waals surface area contributed by atoms with Crippen molar-refractivity contribution in [2.75, 3.05) is 44.3 Å². The van der Waals surface area contributed by atoms with E-state index in [2.05, 4.69) is 25.7 Å². The molecule has 3 aromatic rings. The highest BCUT2D eigenvalue weighted by atomic mass is 16.6. The minimum absolute atomic E-state index is 0.0550. The van der Waals surface area contributed by atoms with E-state index in [4.69, 9.17) is 14.0 Å². The van der Waals surface area contributed by atoms with Crippen LogP contribution in [-0.4, -0.2) is 77.1 Å². The first-order valence-electron chi connectivity index (χ1n) is 10.9. The molecule has 2 aromatic heterocycles. The number of hydrogen-bond acceptors (Lipinski definition) is 7. The Balaban J connectivity index is 1.12. The third-order valence-electron chi connectivity index (χ3n) is 6.52. The summed E-state index contributed by atoms with van der Waals surface area (Å²) in [5, 5.41) is 4.09. The second-order valence-electron chi connectivity index (χ2n) is 8.49. The van der Waals surface area contributed by atoms with Gasteiger partial charge < -0.3 is 28.4 Å². The summed E-state index contributed by atoms with van der Waals surface area (Å²) in [5.74, 6) is 0.869. The van der Waals surface area contributed by atoms with Crippen molar-refractivity contribution in [2.45, 2.75) is 31.1 Å². The van der Waals surface area contributed by atoms with Crippen LogP contribution in [0.5, 0.6) is 0 Å². The molecule has 3 saturated heterocycles. The molecule has 3 aliphatic rings. The number of amides is 1. The molecule has 3 fully saturated rings. The zero-order valence-electron chi connectivity index (χ0n) is 17.2. The predicted molar refractivity (Wildman–Crippen MR) is 112 cm³/mol. The number of aromatic nitrogens is 3. The second-order valence-corrected chi connectivity index (χ2v) is 8.49. The summed E-state index contributed by atoms with van der Waals surface area (Å²) in [7, 11) is 0. The maximum absolute atomic E-state index is 13.0. The van der Waals surface area contributed by atoms with E-state index < -0.39 is 0 Å². The number of benzene rings is 1. The zero-order chi connectivity index (χ0) is 20.8. The first kappa shape index (κ1) is 18.8. The number of carbonyl (C=O) groups is 1. The monoisotopic (exact) mass is 423 g/mol. The second kappa shape index (κ2) is 7.65. The van der Waals surface area contributed by atoms with Crippen molar-refractivity contribution >= 4 is 22.8 Å². The number of likely N-dealkylation sites (tertiary alicyclic amines) is 1. The highest BCUT2D eigenvalue weighted by molar-refractivity contribution is 5.92. The smallest absolute Gasteiger partial charge is 0.292 e. The maximum Gasteiger partial charge on any atom is 0.292 e. The number of para-hydroxylation sites is 2. The Hall–Kier alpha value is -2.91. The Labute approximate surface area is 179 Å². The highest BCUT2D eigenvalue weighted by Crippen LogP contribution is 2.28. The van der Waals surface area contributed by atoms with Gasteiger partial charge in [-0.25, -0.2) is 4.98 Å². The number of nitrogens with zero attached hydrogens (tertiary/aromatic N) is 5. The number of ether oxygens (including phenoxy) is 2. The number of rotatable bonds is 3. The lowest BCUT2D eigenvalue weighted by Gasteiger charge is -2.19. The first-order chi connectivity index (χ1) is 15.3. The summed E-state index contributed by atoms with van der Waals surface area (Å²) in [6.07, 6.45) is 3.85. The zero-order valence-corrected chi connectivity index (χ0v) is 17.2. The van der Waals surface area contributed by atoms with Gasteiger partial charge in [-0.2, -0.15) is 0 Å². The molecule has 1 aromatic carbocycles. The molecule has 0 aliphatic carbocycles. The third-order valence-corrected chi connectivity index (χ3v) is 6.52. The Morgan fingerprint density at radius 1 is 1.03 bits per heavy atom. The van der Waals surface area contributed by atoms with E-state index >= 15 is 0 Å². The van der Waals surface area contributed by atoms with E-state index in [1.807, 2.05) is 24.5 Å². The van der Waals surface area contributed by atoms with Gasteiger partial charge in [0.15, 0.2) is 5.82 Å². The van der Waals surface area contributed by atoms with Gasteiger partial charge in [0.05, 0.1) is 49.7 Å². The number of anilines is 1. The van der Waals surface area contributed by atoms with Crippen LogP contribution in [0.25, 0.3) is 11.0 Å². The summed E-state index contributed by atoms with van der Waals surface area (Å²) in [6.45, 7) is 3.93. The van der Waals surface area contributed by atoms with Crippen molar-refractivity contribution in [2.24, 2.45) is 0 Å². The fourth-order valence-electron chi connectivity index (χ4n) is 4.80. The summed E-state index contributed by atoms with van der Waals surface area (Å²) in [5.41, 5.74) is 2.03. The molecule has 5 heterocycles. The molecule has 9 heteroatoms. The Bertz CT molecular complexity index is 1070. The van der Waals surface area contributed by atoms with Crippen molar-refractivity contribution in [3.8, 4) is 0 Å². The third kappa shape index (κ3) is 3.37. The van der Waals surface area contributed by atoms with Crippen molar-refractivity contribution in [3.05, 3.63) is 42.4 Å². The molecule has 0 saturated carbocycles. The summed E-state index contributed by atoms with van der Waals surface area (Å²) in [4.78, 5) is 21.3. The molecule has 6 rings (SSSR count). The van der Waals surface area contributed by atoms with E-state index in [0.29, 0.717) is 26.3 Å². The molecule has 162 valence electrons. The lowest BCUT2D eigenvalue weighted by Crippen LogP contribution is -2.31. The van der Waals surface area contributed by atoms with Gasteiger partial charge in [0.25, 0.3) is 5.91 Å². The predicted octanol–water partition coefficient (Wildman–Crippen LogP) is 2.11. The molecule has 0 N–H and O–H groups in total. The molecule has 9 nitrogen and oxygen atoms in total. The molecule has 0 radical (unpaired) electrons. The SMILES string of the molecule is O=C(c1cc(N2CCCC2)no1)N1C[C@@H]2OCC(n3cnc4ccccc43)CO[C@H]2C1. The van der Waals surface area contributed by atoms with Crippen LogP contribution in [0, 0.1) is 0 Å². The standard InChI is InChI=1S/C22H25N5O4/c28-22(18-9-21(24-31-18)25-7-3-4-8-25)26-10-19-20(11-26)30-13-15(12-29-19)27-14-23-16-5-1-2-6-17(16)27/h1-2,5-6,9,14-15,19-20H,3-4,7-8,10-13H2/t19-,20-/m0/s1. The topological polar surface area (TPSA) is 85.9 Å². The average Bonchev–Trinajstić information content (AvgIpc) is 3.58. The van der Waals surface area contributed by atoms with E-state index in [9.17, 15) is 4.79 Å². The van der Waals surface area contributed by atoms with Gasteiger partial charge in [-0.15, -0.1) is 0 Å². The van der Waals surface area contributed by atoms with Gasteiger partial charge >= 0.3 is 0 Å². The minimum Gasteiger partial charge on any atom is -0.371 e. The van der Waals surface area contributed by atoms with Crippen LogP contribution in [0.2, 0.25) is 0 Å². The van der Waals surface area contributed by atoms with Gasteiger partial charge in [0.2, 0.25) is 5.76 Å². The van der Waals surface area contributed by atoms with Gasteiger partial charge in [-0.3, -0.25) is 4.79 Å². The molecular weight excluding hydrogens is 398 g/mol. The van der Waals surface area contributed by atoms with Crippen LogP contribution in [0.3, 0.4) is 0 Å². The van der Waals surface area contributed by atoms with Crippen molar-refractivity contribution in [1.82, 2.24) is 19.6 Å². The molecule has 0 unspecified atom stereocenters. The quantitative estimate of drug-likeness (QED) is 0.638. The van der Waals surface area contributed by atoms with Crippen LogP contribution in [0.4, 0.5) is 5.82 Å². The van der Waals surface area contributed by atoms with Crippen LogP contribution in [0.1, 0.15) is 29.4 Å². The lowest BCUT2D eigenvalue weighted by atomic mass is 10.2. The van der Waals surface area contributed by atoms with Crippen LogP contribution >= 0.6 is 0 Å². The average molecular weight is 423 g/mol. The first-order valence-corrected chi connectivity index (χ1v) is 10.9. The summed E-state index contributed by atoms with van der Waals surface area (Å²) >= 11 is 0. The van der Waals surface area contributed by atoms with Crippen LogP contribution < -0.4 is 4.90 Å². The Kier molecular flexibility index (Phi) is 4.65. The van der Waals surface area contributed by atoms with Crippen molar-refractivity contribution in [3.63, 3.8) is 0 Å². The summed E-state index contributed by atoms with van der Waals surface area (Å²) in [6, 6.07) is 9.86. The highest BCUT2D eigenvalue weighted by Gasteiger charge is 2.41. The number of hydrogen-bond donors (Lipinski definition) is 0. The van der Waals surface area contributed by atoms with Gasteiger partial charge in [-0.1, -0.05) is 17.3 Å². The van der Waals surface area contributed by atoms with Gasteiger partial charge in [0.1, 0.15) is 12.2 Å². The molecule has 1 amide bonds. The van der Waals surface area contributed by atoms with Crippen LogP contribution in [0.15, 0.2) is 41.2 Å². The number of imidazole rings is 1. The summed E-state index contributed by atoms with van der Waals surface area (Å²) < 4.78 is 19.9. The minimum atomic E-state index is -0.157. The van der Waals surface area contributed by atoms with E-state index in [1.165, 1.54) is 0 Å². The maximum atomic E-state index is 13.0. The van der Waals surface area contributed by atoms with E-state index in [1.54, 1.807) is 11.0 Å². The van der Waals surface area contributed by atoms with Crippen molar-refractivity contribution < 1.29 is 18.8 Å². The largest absolute Gasteiger partial charge is 0.371 e. The molecular formula is C22H25N5O4. The molecule has 2 atom stereocenters. The van der Waals surface area contributed by atoms with Crippen molar-refractivity contribution in [1.29, 1.82) is 0 Å². The van der Waals surface area contributed by atoms with E-state index in [0.717, 1.165) is 42.8 Å².